The van der Waals surface area contributed by atoms with Gasteiger partial charge in [-0.25, -0.2) is 14.4 Å². The van der Waals surface area contributed by atoms with Gasteiger partial charge in [0.05, 0.1) is 52.9 Å². The Morgan fingerprint density at radius 1 is 0.237 bits per heavy atom. The molecule has 0 saturated heterocycles. The Bertz CT molecular complexity index is 3260. The number of rotatable bonds is 71. The van der Waals surface area contributed by atoms with Gasteiger partial charge in [-0.1, -0.05) is 342 Å². The highest BCUT2D eigenvalue weighted by molar-refractivity contribution is 5.88. The Labute approximate surface area is 689 Å². The Hall–Kier alpha value is -7.77. The van der Waals surface area contributed by atoms with Crippen molar-refractivity contribution in [2.24, 2.45) is 0 Å². The van der Waals surface area contributed by atoms with Crippen molar-refractivity contribution in [1.82, 2.24) is 0 Å². The van der Waals surface area contributed by atoms with Crippen LogP contribution in [0.25, 0.3) is 51.6 Å². The first kappa shape index (κ1) is 95.1. The van der Waals surface area contributed by atoms with Crippen molar-refractivity contribution >= 4 is 36.1 Å². The maximum absolute atomic E-state index is 12.5. The summed E-state index contributed by atoms with van der Waals surface area (Å²) in [7, 11) is 0. The zero-order valence-electron chi connectivity index (χ0n) is 70.8. The number of unbranched alkanes of at least 4 members (excludes halogenated alkanes) is 36. The predicted octanol–water partition coefficient (Wildman–Crippen LogP) is 27.8. The molecule has 0 saturated carbocycles. The summed E-state index contributed by atoms with van der Waals surface area (Å²) in [5, 5.41) is 0. The average Bonchev–Trinajstić information content (AvgIpc) is 0.865. The minimum Gasteiger partial charge on any atom is -0.494 e. The number of hydrogen-bond donors (Lipinski definition) is 0. The second-order valence-electron chi connectivity index (χ2n) is 30.9. The van der Waals surface area contributed by atoms with Crippen molar-refractivity contribution in [3.63, 3.8) is 0 Å². The first-order chi connectivity index (χ1) is 56.3. The highest BCUT2D eigenvalue weighted by atomic mass is 16.6. The van der Waals surface area contributed by atoms with E-state index >= 15 is 0 Å². The first-order valence-electron chi connectivity index (χ1n) is 45.1. The van der Waals surface area contributed by atoms with Gasteiger partial charge in [-0.05, 0) is 162 Å². The fourth-order valence-electron chi connectivity index (χ4n) is 13.8. The molecule has 0 spiro atoms. The van der Waals surface area contributed by atoms with Crippen LogP contribution in [0.4, 0.5) is 0 Å². The molecule has 0 unspecified atom stereocenters. The molecule has 626 valence electrons. The lowest BCUT2D eigenvalue weighted by Gasteiger charge is -2.18. The fourth-order valence-corrected chi connectivity index (χ4v) is 13.8. The molecule has 12 nitrogen and oxygen atoms in total. The van der Waals surface area contributed by atoms with Gasteiger partial charge in [0, 0.05) is 38.0 Å². The van der Waals surface area contributed by atoms with E-state index in [9.17, 15) is 14.4 Å². The van der Waals surface area contributed by atoms with E-state index in [1.54, 1.807) is 0 Å². The maximum Gasteiger partial charge on any atom is 0.330 e. The molecule has 0 atom stereocenters. The van der Waals surface area contributed by atoms with Crippen LogP contribution >= 0.6 is 0 Å². The van der Waals surface area contributed by atoms with Crippen molar-refractivity contribution in [2.45, 2.75) is 297 Å². The van der Waals surface area contributed by atoms with Gasteiger partial charge in [-0.15, -0.1) is 0 Å². The molecule has 0 fully saturated rings. The second kappa shape index (κ2) is 65.4. The number of ether oxygens (including phenoxy) is 9. The molecular weight excluding hydrogens is 1420 g/mol. The molecule has 0 aliphatic rings. The molecule has 0 aliphatic heterocycles. The van der Waals surface area contributed by atoms with E-state index in [4.69, 9.17) is 42.6 Å². The van der Waals surface area contributed by atoms with Gasteiger partial charge in [-0.3, -0.25) is 0 Å². The Morgan fingerprint density at radius 3 is 0.684 bits per heavy atom. The van der Waals surface area contributed by atoms with Gasteiger partial charge in [0.15, 0.2) is 0 Å². The van der Waals surface area contributed by atoms with E-state index in [0.717, 1.165) is 216 Å². The second-order valence-corrected chi connectivity index (χ2v) is 30.9. The van der Waals surface area contributed by atoms with Crippen LogP contribution in [0.15, 0.2) is 164 Å². The molecule has 0 aliphatic carbocycles. The van der Waals surface area contributed by atoms with E-state index in [-0.39, 0.29) is 24.0 Å². The third-order valence-electron chi connectivity index (χ3n) is 20.9. The predicted molar refractivity (Wildman–Crippen MR) is 474 cm³/mol. The van der Waals surface area contributed by atoms with E-state index in [0.29, 0.717) is 39.6 Å². The van der Waals surface area contributed by atoms with E-state index in [2.05, 4.69) is 93.6 Å². The van der Waals surface area contributed by atoms with Gasteiger partial charge in [-0.2, -0.15) is 0 Å². The van der Waals surface area contributed by atoms with Crippen LogP contribution in [0.3, 0.4) is 0 Å². The maximum atomic E-state index is 12.5. The normalized spacial score (nSPS) is 11.6. The molecule has 12 heteroatoms. The zero-order chi connectivity index (χ0) is 80.3. The Balaban J connectivity index is 0.768. The van der Waals surface area contributed by atoms with Gasteiger partial charge in [0.2, 0.25) is 0 Å². The molecule has 0 bridgehead atoms. The number of hydrogen-bond acceptors (Lipinski definition) is 12. The van der Waals surface area contributed by atoms with Crippen molar-refractivity contribution in [2.75, 3.05) is 72.7 Å². The van der Waals surface area contributed by atoms with Crippen LogP contribution in [-0.2, 0) is 42.8 Å². The molecule has 6 aromatic carbocycles. The lowest BCUT2D eigenvalue weighted by molar-refractivity contribution is -0.138. The smallest absolute Gasteiger partial charge is 0.330 e. The molecule has 0 radical (unpaired) electrons. The van der Waals surface area contributed by atoms with Crippen molar-refractivity contribution in [3.8, 4) is 50.6 Å². The molecule has 0 aromatic heterocycles. The summed E-state index contributed by atoms with van der Waals surface area (Å²) < 4.78 is 53.3. The summed E-state index contributed by atoms with van der Waals surface area (Å²) >= 11 is 0. The third kappa shape index (κ3) is 47.3. The van der Waals surface area contributed by atoms with E-state index < -0.39 is 0 Å². The molecule has 114 heavy (non-hydrogen) atoms. The van der Waals surface area contributed by atoms with Gasteiger partial charge in [0.1, 0.15) is 23.4 Å². The lowest BCUT2D eigenvalue weighted by atomic mass is 10.0. The largest absolute Gasteiger partial charge is 0.494 e. The van der Waals surface area contributed by atoms with Crippen LogP contribution in [-0.4, -0.2) is 96.7 Å². The summed E-state index contributed by atoms with van der Waals surface area (Å²) in [4.78, 5) is 37.5. The molecule has 6 rings (SSSR count). The molecule has 0 amide bonds. The molecule has 6 aromatic rings. The van der Waals surface area contributed by atoms with Crippen molar-refractivity contribution in [3.05, 3.63) is 181 Å². The topological polar surface area (TPSA) is 134 Å². The first-order valence-corrected chi connectivity index (χ1v) is 45.1. The minimum absolute atomic E-state index is 0.0818. The number of carbonyl (C=O) groups excluding carboxylic acids is 3. The average molecular weight is 1560 g/mol. The summed E-state index contributed by atoms with van der Waals surface area (Å²) in [6.45, 7) is 13.6. The molecular formula is C102H146O12. The van der Waals surface area contributed by atoms with Crippen molar-refractivity contribution < 1.29 is 57.0 Å². The van der Waals surface area contributed by atoms with E-state index in [1.165, 1.54) is 172 Å². The van der Waals surface area contributed by atoms with Crippen LogP contribution < -0.4 is 14.2 Å². The lowest BCUT2D eigenvalue weighted by Crippen LogP contribution is -2.26. The molecule has 0 N–H and O–H groups in total. The minimum atomic E-state index is -0.301. The van der Waals surface area contributed by atoms with Crippen LogP contribution in [0.2, 0.25) is 0 Å². The summed E-state index contributed by atoms with van der Waals surface area (Å²) in [5.41, 5.74) is 9.65. The fraction of sp³-hybridized carbons (Fsp3) is 0.559. The molecule has 0 heterocycles. The van der Waals surface area contributed by atoms with E-state index in [1.807, 2.05) is 91.0 Å². The number of benzene rings is 6. The highest BCUT2D eigenvalue weighted by Crippen LogP contribution is 2.28. The Kier molecular flexibility index (Phi) is 54.5. The SMILES string of the molecule is CCCCCCCCOc1ccc(-c2ccc(/C=C/C(=O)OCCCCCCCCCCOCC(COCCCCCCCCCCOC(=O)/C=C/c3ccc(-c4ccc(OCCCCCCCC)cc4)cc3)OCCCCCCCCCCOC(=O)/C=C/c3ccc(-c4ccc(OCCCCCCCC)cc4)cc3)cc2)cc1. The van der Waals surface area contributed by atoms with Crippen molar-refractivity contribution in [1.29, 1.82) is 0 Å². The van der Waals surface area contributed by atoms with Crippen LogP contribution in [0.1, 0.15) is 307 Å². The third-order valence-corrected chi connectivity index (χ3v) is 20.9. The van der Waals surface area contributed by atoms with Gasteiger partial charge < -0.3 is 42.6 Å². The summed E-state index contributed by atoms with van der Waals surface area (Å²) in [6, 6.07) is 49.6. The quantitative estimate of drug-likeness (QED) is 0.0156. The van der Waals surface area contributed by atoms with Gasteiger partial charge >= 0.3 is 17.9 Å². The Morgan fingerprint density at radius 2 is 0.439 bits per heavy atom. The van der Waals surface area contributed by atoms with Crippen LogP contribution in [0, 0.1) is 0 Å². The van der Waals surface area contributed by atoms with Gasteiger partial charge in [0.25, 0.3) is 0 Å². The monoisotopic (exact) mass is 1560 g/mol. The highest BCUT2D eigenvalue weighted by Gasteiger charge is 2.12. The summed E-state index contributed by atoms with van der Waals surface area (Å²) in [6.07, 6.45) is 58.9. The standard InChI is InChI=1S/C102H146O12/c1-4-7-10-13-30-39-78-108-96-67-61-93(62-68-96)90-55-46-87(47-56-90)52-73-100(103)112-82-43-34-25-18-16-22-28-37-76-106-85-99(111-81-42-33-24-20-21-27-36-45-84-114-102(105)75-54-89-50-59-92(60-51-89)95-65-71-98(72-66-95)110-80-41-32-15-12-9-6-3)86-107-77-38-29-23-17-19-26-35-44-83-113-101(104)74-53-88-48-57-91(58-49-88)94-63-69-97(70-64-94)109-79-40-31-14-11-8-5-2/h46-75,99H,4-45,76-86H2,1-3H3/b73-52+,74-53+,75-54+. The zero-order valence-corrected chi connectivity index (χ0v) is 70.8. The number of esters is 3. The number of carbonyl (C=O) groups is 3. The summed E-state index contributed by atoms with van der Waals surface area (Å²) in [5.74, 6) is 1.83. The van der Waals surface area contributed by atoms with Crippen LogP contribution in [0.5, 0.6) is 17.2 Å².